The van der Waals surface area contributed by atoms with Gasteiger partial charge in [0.2, 0.25) is 0 Å². The zero-order valence-electron chi connectivity index (χ0n) is 10.5. The second kappa shape index (κ2) is 5.74. The van der Waals surface area contributed by atoms with Crippen LogP contribution in [0.4, 0.5) is 5.69 Å². The third-order valence-corrected chi connectivity index (χ3v) is 4.17. The van der Waals surface area contributed by atoms with E-state index < -0.39 is 11.9 Å². The van der Waals surface area contributed by atoms with Gasteiger partial charge in [0.1, 0.15) is 0 Å². The Hall–Kier alpha value is -1.03. The van der Waals surface area contributed by atoms with Gasteiger partial charge in [0.25, 0.3) is 0 Å². The summed E-state index contributed by atoms with van der Waals surface area (Å²) in [6.45, 7) is 3.89. The van der Waals surface area contributed by atoms with Crippen molar-refractivity contribution in [2.24, 2.45) is 0 Å². The van der Waals surface area contributed by atoms with Crippen LogP contribution in [0.1, 0.15) is 37.7 Å². The highest BCUT2D eigenvalue weighted by Gasteiger charge is 2.17. The molecular weight excluding hydrogens is 294 g/mol. The van der Waals surface area contributed by atoms with Crippen LogP contribution in [0.3, 0.4) is 0 Å². The largest absolute Gasteiger partial charge is 0.481 e. The summed E-state index contributed by atoms with van der Waals surface area (Å²) in [5.74, 6) is -1.25. The van der Waals surface area contributed by atoms with E-state index >= 15 is 0 Å². The minimum atomic E-state index is -0.785. The van der Waals surface area contributed by atoms with Crippen molar-refractivity contribution in [3.63, 3.8) is 0 Å². The quantitative estimate of drug-likeness (QED) is 0.926. The normalized spacial score (nSPS) is 17.6. The number of hydrogen-bond donors (Lipinski definition) is 1. The highest BCUT2D eigenvalue weighted by Crippen LogP contribution is 2.31. The molecule has 1 aromatic carbocycles. The average molecular weight is 312 g/mol. The highest BCUT2D eigenvalue weighted by atomic mass is 79.9. The second-order valence-electron chi connectivity index (χ2n) is 4.82. The maximum absolute atomic E-state index is 11.0. The van der Waals surface area contributed by atoms with Gasteiger partial charge in [-0.15, -0.1) is 0 Å². The van der Waals surface area contributed by atoms with E-state index in [1.165, 1.54) is 24.9 Å². The summed E-state index contributed by atoms with van der Waals surface area (Å²) in [5.41, 5.74) is 2.02. The summed E-state index contributed by atoms with van der Waals surface area (Å²) in [7, 11) is 0. The van der Waals surface area contributed by atoms with Crippen LogP contribution >= 0.6 is 15.9 Å². The van der Waals surface area contributed by atoms with E-state index in [4.69, 9.17) is 5.11 Å². The average Bonchev–Trinajstić information content (AvgIpc) is 2.38. The fourth-order valence-corrected chi connectivity index (χ4v) is 2.97. The molecule has 1 unspecified atom stereocenters. The van der Waals surface area contributed by atoms with Gasteiger partial charge in [-0.05, 0) is 59.8 Å². The molecule has 1 aromatic rings. The van der Waals surface area contributed by atoms with Gasteiger partial charge < -0.3 is 10.0 Å². The predicted octanol–water partition coefficient (Wildman–Crippen LogP) is 3.63. The van der Waals surface area contributed by atoms with Gasteiger partial charge in [0.05, 0.1) is 11.6 Å². The predicted molar refractivity (Wildman–Crippen MR) is 76.3 cm³/mol. The summed E-state index contributed by atoms with van der Waals surface area (Å²) in [6.07, 6.45) is 3.78. The molecule has 2 rings (SSSR count). The Balaban J connectivity index is 2.21. The van der Waals surface area contributed by atoms with Crippen molar-refractivity contribution >= 4 is 27.6 Å². The first-order valence-electron chi connectivity index (χ1n) is 6.37. The Labute approximate surface area is 116 Å². The van der Waals surface area contributed by atoms with E-state index in [0.717, 1.165) is 23.1 Å². The number of nitrogens with zero attached hydrogens (tertiary/aromatic N) is 1. The molecule has 0 amide bonds. The monoisotopic (exact) mass is 311 g/mol. The standard InChI is InChI=1S/C14H18BrNO2/c1-10(14(17)18)11-5-6-13(12(15)9-11)16-7-3-2-4-8-16/h5-6,9-10H,2-4,7-8H2,1H3,(H,17,18). The number of carboxylic acid groups (broad SMARTS) is 1. The Kier molecular flexibility index (Phi) is 4.27. The van der Waals surface area contributed by atoms with Crippen LogP contribution in [-0.2, 0) is 4.79 Å². The number of carbonyl (C=O) groups is 1. The minimum Gasteiger partial charge on any atom is -0.481 e. The lowest BCUT2D eigenvalue weighted by Crippen LogP contribution is -2.29. The Morgan fingerprint density at radius 2 is 2.00 bits per heavy atom. The molecule has 0 aliphatic carbocycles. The molecule has 98 valence electrons. The molecule has 1 atom stereocenters. The summed E-state index contributed by atoms with van der Waals surface area (Å²) >= 11 is 3.57. The van der Waals surface area contributed by atoms with Crippen LogP contribution in [0.25, 0.3) is 0 Å². The number of halogens is 1. The van der Waals surface area contributed by atoms with Crippen molar-refractivity contribution in [3.05, 3.63) is 28.2 Å². The van der Waals surface area contributed by atoms with Crippen molar-refractivity contribution in [2.75, 3.05) is 18.0 Å². The molecular formula is C14H18BrNO2. The number of carboxylic acids is 1. The Morgan fingerprint density at radius 3 is 2.56 bits per heavy atom. The lowest BCUT2D eigenvalue weighted by Gasteiger charge is -2.30. The third-order valence-electron chi connectivity index (χ3n) is 3.54. The van der Waals surface area contributed by atoms with Crippen molar-refractivity contribution < 1.29 is 9.90 Å². The van der Waals surface area contributed by atoms with Crippen molar-refractivity contribution in [3.8, 4) is 0 Å². The highest BCUT2D eigenvalue weighted by molar-refractivity contribution is 9.10. The van der Waals surface area contributed by atoms with Crippen LogP contribution in [-0.4, -0.2) is 24.2 Å². The summed E-state index contributed by atoms with van der Waals surface area (Å²) < 4.78 is 0.995. The molecule has 1 heterocycles. The first-order valence-corrected chi connectivity index (χ1v) is 7.16. The van der Waals surface area contributed by atoms with Crippen molar-refractivity contribution in [1.82, 2.24) is 0 Å². The molecule has 4 heteroatoms. The van der Waals surface area contributed by atoms with Gasteiger partial charge in [0.15, 0.2) is 0 Å². The number of rotatable bonds is 3. The van der Waals surface area contributed by atoms with E-state index in [0.29, 0.717) is 0 Å². The molecule has 0 aromatic heterocycles. The zero-order valence-corrected chi connectivity index (χ0v) is 12.1. The number of hydrogen-bond acceptors (Lipinski definition) is 2. The maximum Gasteiger partial charge on any atom is 0.310 e. The van der Waals surface area contributed by atoms with Gasteiger partial charge in [0, 0.05) is 17.6 Å². The Bertz CT molecular complexity index is 441. The van der Waals surface area contributed by atoms with Crippen LogP contribution in [0.5, 0.6) is 0 Å². The fourth-order valence-electron chi connectivity index (χ4n) is 2.33. The van der Waals surface area contributed by atoms with Crippen molar-refractivity contribution in [1.29, 1.82) is 0 Å². The number of benzene rings is 1. The third kappa shape index (κ3) is 2.86. The molecule has 1 aliphatic heterocycles. The van der Waals surface area contributed by atoms with E-state index in [1.807, 2.05) is 18.2 Å². The van der Waals surface area contributed by atoms with E-state index in [-0.39, 0.29) is 0 Å². The summed E-state index contributed by atoms with van der Waals surface area (Å²) in [5, 5.41) is 9.02. The molecule has 0 spiro atoms. The van der Waals surface area contributed by atoms with Crippen LogP contribution < -0.4 is 4.90 Å². The first kappa shape index (κ1) is 13.4. The second-order valence-corrected chi connectivity index (χ2v) is 5.67. The molecule has 1 fully saturated rings. The smallest absolute Gasteiger partial charge is 0.310 e. The fraction of sp³-hybridized carbons (Fsp3) is 0.500. The van der Waals surface area contributed by atoms with Gasteiger partial charge in [-0.2, -0.15) is 0 Å². The molecule has 0 bridgehead atoms. The Morgan fingerprint density at radius 1 is 1.33 bits per heavy atom. The van der Waals surface area contributed by atoms with Gasteiger partial charge in [-0.1, -0.05) is 6.07 Å². The summed E-state index contributed by atoms with van der Waals surface area (Å²) in [6, 6.07) is 5.89. The van der Waals surface area contributed by atoms with Crippen molar-refractivity contribution in [2.45, 2.75) is 32.1 Å². The van der Waals surface area contributed by atoms with E-state index in [2.05, 4.69) is 20.8 Å². The lowest BCUT2D eigenvalue weighted by atomic mass is 10.0. The van der Waals surface area contributed by atoms with E-state index in [9.17, 15) is 4.79 Å². The van der Waals surface area contributed by atoms with E-state index in [1.54, 1.807) is 6.92 Å². The lowest BCUT2D eigenvalue weighted by molar-refractivity contribution is -0.138. The van der Waals surface area contributed by atoms with Gasteiger partial charge >= 0.3 is 5.97 Å². The summed E-state index contributed by atoms with van der Waals surface area (Å²) in [4.78, 5) is 13.3. The number of piperidine rings is 1. The number of aliphatic carboxylic acids is 1. The van der Waals surface area contributed by atoms with Gasteiger partial charge in [-0.25, -0.2) is 0 Å². The number of anilines is 1. The van der Waals surface area contributed by atoms with Crippen LogP contribution in [0.2, 0.25) is 0 Å². The van der Waals surface area contributed by atoms with Crippen LogP contribution in [0.15, 0.2) is 22.7 Å². The molecule has 18 heavy (non-hydrogen) atoms. The van der Waals surface area contributed by atoms with Crippen LogP contribution in [0, 0.1) is 0 Å². The maximum atomic E-state index is 11.0. The SMILES string of the molecule is CC(C(=O)O)c1ccc(N2CCCCC2)c(Br)c1. The topological polar surface area (TPSA) is 40.5 Å². The molecule has 1 aliphatic rings. The molecule has 1 saturated heterocycles. The minimum absolute atomic E-state index is 0.461. The molecule has 1 N–H and O–H groups in total. The molecule has 0 radical (unpaired) electrons. The first-order chi connectivity index (χ1) is 8.59. The molecule has 3 nitrogen and oxygen atoms in total. The zero-order chi connectivity index (χ0) is 13.1. The molecule has 0 saturated carbocycles. The van der Waals surface area contributed by atoms with Gasteiger partial charge in [-0.3, -0.25) is 4.79 Å².